The maximum atomic E-state index is 12.5. The molecule has 138 valence electrons. The average Bonchev–Trinajstić information content (AvgIpc) is 2.37. The second kappa shape index (κ2) is 9.71. The maximum absolute atomic E-state index is 12.5. The lowest BCUT2D eigenvalue weighted by atomic mass is 10.2. The number of carbonyl (C=O) groups is 2. The highest BCUT2D eigenvalue weighted by Crippen LogP contribution is 2.16. The molecule has 7 heteroatoms. The van der Waals surface area contributed by atoms with Crippen molar-refractivity contribution >= 4 is 29.1 Å². The van der Waals surface area contributed by atoms with Gasteiger partial charge in [-0.25, -0.2) is 9.59 Å². The molecule has 0 aliphatic carbocycles. The Kier molecular flexibility index (Phi) is 9.11. The minimum atomic E-state index is -0.732. The van der Waals surface area contributed by atoms with Gasteiger partial charge in [0.1, 0.15) is 11.2 Å². The van der Waals surface area contributed by atoms with E-state index in [-0.39, 0.29) is 5.17 Å². The molecule has 0 spiro atoms. The molecule has 0 aromatic rings. The number of nitrogens with zero attached hydrogens (tertiary/aromatic N) is 2. The van der Waals surface area contributed by atoms with Crippen LogP contribution in [0.15, 0.2) is 17.6 Å². The minimum absolute atomic E-state index is 0.252. The molecule has 0 unspecified atom stereocenters. The lowest BCUT2D eigenvalue weighted by Crippen LogP contribution is -2.40. The van der Waals surface area contributed by atoms with E-state index < -0.39 is 23.4 Å². The van der Waals surface area contributed by atoms with Crippen molar-refractivity contribution in [3.05, 3.63) is 12.7 Å². The van der Waals surface area contributed by atoms with Crippen LogP contribution in [-0.2, 0) is 9.47 Å². The van der Waals surface area contributed by atoms with Crippen LogP contribution in [0, 0.1) is 0 Å². The van der Waals surface area contributed by atoms with Gasteiger partial charge in [0.2, 0.25) is 0 Å². The topological polar surface area (TPSA) is 68.2 Å². The molecular weight excluding hydrogens is 328 g/mol. The van der Waals surface area contributed by atoms with Crippen LogP contribution >= 0.6 is 11.8 Å². The van der Waals surface area contributed by atoms with E-state index in [4.69, 9.17) is 9.47 Å². The number of unbranched alkanes of at least 4 members (excludes halogenated alkanes) is 1. The SMILES string of the molecule is C=CCCCN(C(=O)OC(C)(C)C)/C(=N/C(=O)OC(C)(C)C)SC. The van der Waals surface area contributed by atoms with Gasteiger partial charge >= 0.3 is 12.2 Å². The van der Waals surface area contributed by atoms with Gasteiger partial charge in [0, 0.05) is 6.54 Å². The summed E-state index contributed by atoms with van der Waals surface area (Å²) < 4.78 is 10.6. The van der Waals surface area contributed by atoms with E-state index >= 15 is 0 Å². The lowest BCUT2D eigenvalue weighted by Gasteiger charge is -2.27. The Morgan fingerprint density at radius 1 is 1.12 bits per heavy atom. The first-order chi connectivity index (χ1) is 10.9. The summed E-state index contributed by atoms with van der Waals surface area (Å²) in [5.74, 6) is 0. The van der Waals surface area contributed by atoms with Crippen LogP contribution in [0.5, 0.6) is 0 Å². The van der Waals surface area contributed by atoms with Crippen LogP contribution in [0.3, 0.4) is 0 Å². The van der Waals surface area contributed by atoms with Gasteiger partial charge in [0.05, 0.1) is 0 Å². The van der Waals surface area contributed by atoms with E-state index in [1.54, 1.807) is 53.9 Å². The first-order valence-corrected chi connectivity index (χ1v) is 9.09. The molecule has 0 saturated carbocycles. The van der Waals surface area contributed by atoms with Gasteiger partial charge in [-0.05, 0) is 60.6 Å². The number of ether oxygens (including phenoxy) is 2. The summed E-state index contributed by atoms with van der Waals surface area (Å²) in [6.07, 6.45) is 3.68. The molecule has 0 saturated heterocycles. The molecule has 0 atom stereocenters. The number of allylic oxidation sites excluding steroid dienone is 1. The number of amidine groups is 1. The quantitative estimate of drug-likeness (QED) is 0.311. The summed E-state index contributed by atoms with van der Waals surface area (Å²) in [7, 11) is 0. The van der Waals surface area contributed by atoms with Crippen molar-refractivity contribution in [1.29, 1.82) is 0 Å². The fourth-order valence-electron chi connectivity index (χ4n) is 1.55. The summed E-state index contributed by atoms with van der Waals surface area (Å²) in [4.78, 5) is 29.7. The monoisotopic (exact) mass is 358 g/mol. The largest absolute Gasteiger partial charge is 0.443 e. The number of thioether (sulfide) groups is 1. The van der Waals surface area contributed by atoms with Crippen molar-refractivity contribution < 1.29 is 19.1 Å². The van der Waals surface area contributed by atoms with Crippen LogP contribution in [-0.4, -0.2) is 46.3 Å². The molecule has 0 aliphatic heterocycles. The molecule has 0 aromatic heterocycles. The Morgan fingerprint density at radius 3 is 2.08 bits per heavy atom. The fourth-order valence-corrected chi connectivity index (χ4v) is 2.11. The summed E-state index contributed by atoms with van der Waals surface area (Å²) >= 11 is 1.19. The molecule has 0 N–H and O–H groups in total. The molecule has 0 rings (SSSR count). The van der Waals surface area contributed by atoms with Crippen molar-refractivity contribution in [3.63, 3.8) is 0 Å². The molecule has 0 bridgehead atoms. The normalized spacial score (nSPS) is 12.5. The van der Waals surface area contributed by atoms with E-state index in [0.717, 1.165) is 6.42 Å². The van der Waals surface area contributed by atoms with Crippen molar-refractivity contribution in [2.45, 2.75) is 65.6 Å². The van der Waals surface area contributed by atoms with E-state index in [2.05, 4.69) is 11.6 Å². The molecule has 0 heterocycles. The number of aliphatic imine (C=N–C) groups is 1. The Labute approximate surface area is 149 Å². The maximum Gasteiger partial charge on any atom is 0.436 e. The summed E-state index contributed by atoms with van der Waals surface area (Å²) in [6.45, 7) is 14.7. The predicted octanol–water partition coefficient (Wildman–Crippen LogP) is 4.84. The average molecular weight is 359 g/mol. The van der Waals surface area contributed by atoms with Crippen molar-refractivity contribution in [1.82, 2.24) is 4.90 Å². The minimum Gasteiger partial charge on any atom is -0.443 e. The van der Waals surface area contributed by atoms with Crippen molar-refractivity contribution in [3.8, 4) is 0 Å². The molecule has 0 aliphatic rings. The highest BCUT2D eigenvalue weighted by molar-refractivity contribution is 8.13. The van der Waals surface area contributed by atoms with E-state index in [9.17, 15) is 9.59 Å². The standard InChI is InChI=1S/C17H30N2O4S/c1-9-10-11-12-19(15(21)23-17(5,6)7)13(24-8)18-14(20)22-16(2,3)4/h9H,1,10-12H2,2-8H3/b18-13-. The van der Waals surface area contributed by atoms with Gasteiger partial charge in [0.15, 0.2) is 5.17 Å². The number of hydrogen-bond acceptors (Lipinski definition) is 5. The smallest absolute Gasteiger partial charge is 0.436 e. The molecule has 0 aromatic carbocycles. The van der Waals surface area contributed by atoms with Gasteiger partial charge in [-0.2, -0.15) is 4.99 Å². The number of hydrogen-bond donors (Lipinski definition) is 0. The molecule has 24 heavy (non-hydrogen) atoms. The molecule has 6 nitrogen and oxygen atoms in total. The van der Waals surface area contributed by atoms with Gasteiger partial charge in [0.25, 0.3) is 0 Å². The zero-order chi connectivity index (χ0) is 19.0. The Balaban J connectivity index is 5.34. The van der Waals surface area contributed by atoms with Crippen LogP contribution in [0.1, 0.15) is 54.4 Å². The van der Waals surface area contributed by atoms with Gasteiger partial charge in [-0.15, -0.1) is 6.58 Å². The highest BCUT2D eigenvalue weighted by Gasteiger charge is 2.26. The van der Waals surface area contributed by atoms with Crippen LogP contribution in [0.25, 0.3) is 0 Å². The Morgan fingerprint density at radius 2 is 1.67 bits per heavy atom. The van der Waals surface area contributed by atoms with Crippen LogP contribution < -0.4 is 0 Å². The Bertz CT molecular complexity index is 476. The summed E-state index contributed by atoms with van der Waals surface area (Å²) in [5, 5.41) is 0.252. The third-order valence-electron chi connectivity index (χ3n) is 2.40. The number of rotatable bonds is 4. The van der Waals surface area contributed by atoms with E-state index in [1.165, 1.54) is 16.7 Å². The van der Waals surface area contributed by atoms with Gasteiger partial charge < -0.3 is 9.47 Å². The molecule has 0 radical (unpaired) electrons. The van der Waals surface area contributed by atoms with Crippen molar-refractivity contribution in [2.24, 2.45) is 4.99 Å². The van der Waals surface area contributed by atoms with Crippen LogP contribution in [0.2, 0.25) is 0 Å². The second-order valence-corrected chi connectivity index (χ2v) is 7.92. The molecular formula is C17H30N2O4S. The predicted molar refractivity (Wildman–Crippen MR) is 99.6 cm³/mol. The van der Waals surface area contributed by atoms with E-state index in [1.807, 2.05) is 0 Å². The third kappa shape index (κ3) is 10.3. The van der Waals surface area contributed by atoms with Crippen molar-refractivity contribution in [2.75, 3.05) is 12.8 Å². The fraction of sp³-hybridized carbons (Fsp3) is 0.706. The molecule has 2 amide bonds. The first-order valence-electron chi connectivity index (χ1n) is 7.86. The zero-order valence-electron chi connectivity index (χ0n) is 15.8. The van der Waals surface area contributed by atoms with Gasteiger partial charge in [-0.1, -0.05) is 17.8 Å². The number of amides is 2. The zero-order valence-corrected chi connectivity index (χ0v) is 16.7. The third-order valence-corrected chi connectivity index (χ3v) is 3.07. The van der Waals surface area contributed by atoms with Crippen LogP contribution in [0.4, 0.5) is 9.59 Å². The Hall–Kier alpha value is -1.50. The summed E-state index contributed by atoms with van der Waals surface area (Å²) in [5.41, 5.74) is -1.28. The second-order valence-electron chi connectivity index (χ2n) is 7.14. The lowest BCUT2D eigenvalue weighted by molar-refractivity contribution is 0.0372. The van der Waals surface area contributed by atoms with Gasteiger partial charge in [-0.3, -0.25) is 4.90 Å². The first kappa shape index (κ1) is 22.5. The number of carbonyl (C=O) groups excluding carboxylic acids is 2. The highest BCUT2D eigenvalue weighted by atomic mass is 32.2. The summed E-state index contributed by atoms with van der Waals surface area (Å²) in [6, 6.07) is 0. The molecule has 0 fully saturated rings. The van der Waals surface area contributed by atoms with E-state index in [0.29, 0.717) is 13.0 Å².